The second-order valence-electron chi connectivity index (χ2n) is 4.14. The smallest absolute Gasteiger partial charge is 0.118 e. The molecular weight excluding hydrogens is 246 g/mol. The Balaban J connectivity index is 0.00000162. The van der Waals surface area contributed by atoms with Crippen LogP contribution in [-0.4, -0.2) is 7.11 Å². The highest BCUT2D eigenvalue weighted by molar-refractivity contribution is 5.85. The Kier molecular flexibility index (Phi) is 5.20. The molecule has 1 atom stereocenters. The summed E-state index contributed by atoms with van der Waals surface area (Å²) in [6.07, 6.45) is 0. The van der Waals surface area contributed by atoms with E-state index in [-0.39, 0.29) is 18.4 Å². The number of nitrogens with two attached hydrogens (primary N) is 1. The SMILES string of the molecule is COc1ccc(-c2cccc(C(C)N)c2)cc1.Cl. The number of rotatable bonds is 3. The number of ether oxygens (including phenoxy) is 1. The van der Waals surface area contributed by atoms with Gasteiger partial charge in [0.25, 0.3) is 0 Å². The standard InChI is InChI=1S/C15H17NO.ClH/c1-11(16)13-4-3-5-14(10-13)12-6-8-15(17-2)9-7-12;/h3-11H,16H2,1-2H3;1H. The van der Waals surface area contributed by atoms with Gasteiger partial charge in [0.05, 0.1) is 7.11 Å². The van der Waals surface area contributed by atoms with E-state index in [9.17, 15) is 0 Å². The minimum atomic E-state index is 0. The predicted octanol–water partition coefficient (Wildman–Crippen LogP) is 3.80. The van der Waals surface area contributed by atoms with Gasteiger partial charge in [0, 0.05) is 6.04 Å². The largest absolute Gasteiger partial charge is 0.497 e. The van der Waals surface area contributed by atoms with E-state index in [0.29, 0.717) is 0 Å². The van der Waals surface area contributed by atoms with Crippen LogP contribution in [0.2, 0.25) is 0 Å². The lowest BCUT2D eigenvalue weighted by atomic mass is 10.0. The Morgan fingerprint density at radius 2 is 1.67 bits per heavy atom. The molecule has 2 N–H and O–H groups in total. The summed E-state index contributed by atoms with van der Waals surface area (Å²) >= 11 is 0. The summed E-state index contributed by atoms with van der Waals surface area (Å²) in [5.74, 6) is 0.872. The minimum Gasteiger partial charge on any atom is -0.497 e. The zero-order chi connectivity index (χ0) is 12.3. The Morgan fingerprint density at radius 1 is 1.00 bits per heavy atom. The lowest BCUT2D eigenvalue weighted by molar-refractivity contribution is 0.415. The van der Waals surface area contributed by atoms with E-state index in [1.165, 1.54) is 11.1 Å². The summed E-state index contributed by atoms with van der Waals surface area (Å²) in [5.41, 5.74) is 9.39. The average Bonchev–Trinajstić information content (AvgIpc) is 2.39. The topological polar surface area (TPSA) is 35.2 Å². The number of benzene rings is 2. The van der Waals surface area contributed by atoms with Crippen molar-refractivity contribution in [3.63, 3.8) is 0 Å². The first-order valence-corrected chi connectivity index (χ1v) is 5.70. The second-order valence-corrected chi connectivity index (χ2v) is 4.14. The molecule has 18 heavy (non-hydrogen) atoms. The molecule has 0 saturated carbocycles. The van der Waals surface area contributed by atoms with Gasteiger partial charge in [-0.05, 0) is 41.8 Å². The van der Waals surface area contributed by atoms with Crippen molar-refractivity contribution in [2.45, 2.75) is 13.0 Å². The van der Waals surface area contributed by atoms with Gasteiger partial charge in [0.15, 0.2) is 0 Å². The second kappa shape index (κ2) is 6.43. The molecule has 2 aromatic rings. The quantitative estimate of drug-likeness (QED) is 0.914. The zero-order valence-electron chi connectivity index (χ0n) is 10.6. The van der Waals surface area contributed by atoms with Crippen molar-refractivity contribution in [2.75, 3.05) is 7.11 Å². The first kappa shape index (κ1) is 14.6. The van der Waals surface area contributed by atoms with Gasteiger partial charge in [0.2, 0.25) is 0 Å². The molecule has 0 aliphatic rings. The third-order valence-corrected chi connectivity index (χ3v) is 2.84. The average molecular weight is 264 g/mol. The normalized spacial score (nSPS) is 11.5. The van der Waals surface area contributed by atoms with Crippen molar-refractivity contribution < 1.29 is 4.74 Å². The van der Waals surface area contributed by atoms with Crippen LogP contribution < -0.4 is 10.5 Å². The Hall–Kier alpha value is -1.51. The number of halogens is 1. The van der Waals surface area contributed by atoms with Gasteiger partial charge in [-0.15, -0.1) is 12.4 Å². The van der Waals surface area contributed by atoms with Gasteiger partial charge >= 0.3 is 0 Å². The van der Waals surface area contributed by atoms with Gasteiger partial charge in [-0.3, -0.25) is 0 Å². The fourth-order valence-electron chi connectivity index (χ4n) is 1.78. The summed E-state index contributed by atoms with van der Waals surface area (Å²) in [6.45, 7) is 1.99. The molecule has 0 fully saturated rings. The molecule has 2 rings (SSSR count). The fraction of sp³-hybridized carbons (Fsp3) is 0.200. The van der Waals surface area contributed by atoms with E-state index in [1.54, 1.807) is 7.11 Å². The maximum atomic E-state index is 5.89. The first-order chi connectivity index (χ1) is 8.20. The zero-order valence-corrected chi connectivity index (χ0v) is 11.4. The molecule has 0 heterocycles. The predicted molar refractivity (Wildman–Crippen MR) is 78.3 cm³/mol. The third-order valence-electron chi connectivity index (χ3n) is 2.84. The van der Waals surface area contributed by atoms with Crippen LogP contribution in [0.15, 0.2) is 48.5 Å². The summed E-state index contributed by atoms with van der Waals surface area (Å²) < 4.78 is 5.15. The summed E-state index contributed by atoms with van der Waals surface area (Å²) in [5, 5.41) is 0. The molecule has 0 aromatic heterocycles. The molecule has 96 valence electrons. The maximum Gasteiger partial charge on any atom is 0.118 e. The molecule has 0 aliphatic heterocycles. The first-order valence-electron chi connectivity index (χ1n) is 5.70. The highest BCUT2D eigenvalue weighted by atomic mass is 35.5. The molecule has 0 saturated heterocycles. The summed E-state index contributed by atoms with van der Waals surface area (Å²) in [6, 6.07) is 16.4. The number of hydrogen-bond donors (Lipinski definition) is 1. The lowest BCUT2D eigenvalue weighted by Gasteiger charge is -2.09. The molecule has 2 nitrogen and oxygen atoms in total. The van der Waals surface area contributed by atoms with Crippen molar-refractivity contribution in [3.8, 4) is 16.9 Å². The van der Waals surface area contributed by atoms with Crippen molar-refractivity contribution >= 4 is 12.4 Å². The van der Waals surface area contributed by atoms with Crippen LogP contribution in [0.25, 0.3) is 11.1 Å². The van der Waals surface area contributed by atoms with Crippen LogP contribution >= 0.6 is 12.4 Å². The molecular formula is C15H18ClNO. The van der Waals surface area contributed by atoms with Crippen LogP contribution in [0.1, 0.15) is 18.5 Å². The number of hydrogen-bond acceptors (Lipinski definition) is 2. The van der Waals surface area contributed by atoms with E-state index in [0.717, 1.165) is 11.3 Å². The Morgan fingerprint density at radius 3 is 2.22 bits per heavy atom. The molecule has 0 amide bonds. The fourth-order valence-corrected chi connectivity index (χ4v) is 1.78. The van der Waals surface area contributed by atoms with Gasteiger partial charge in [-0.25, -0.2) is 0 Å². The highest BCUT2D eigenvalue weighted by Crippen LogP contribution is 2.24. The summed E-state index contributed by atoms with van der Waals surface area (Å²) in [4.78, 5) is 0. The van der Waals surface area contributed by atoms with E-state index in [4.69, 9.17) is 10.5 Å². The molecule has 2 aromatic carbocycles. The van der Waals surface area contributed by atoms with Crippen LogP contribution in [0.5, 0.6) is 5.75 Å². The van der Waals surface area contributed by atoms with Crippen LogP contribution in [-0.2, 0) is 0 Å². The van der Waals surface area contributed by atoms with Gasteiger partial charge in [-0.1, -0.05) is 30.3 Å². The van der Waals surface area contributed by atoms with E-state index < -0.39 is 0 Å². The molecule has 3 heteroatoms. The maximum absolute atomic E-state index is 5.89. The molecule has 1 unspecified atom stereocenters. The minimum absolute atomic E-state index is 0. The molecule has 0 aliphatic carbocycles. The molecule has 0 radical (unpaired) electrons. The van der Waals surface area contributed by atoms with Crippen LogP contribution in [0.4, 0.5) is 0 Å². The van der Waals surface area contributed by atoms with Crippen LogP contribution in [0, 0.1) is 0 Å². The summed E-state index contributed by atoms with van der Waals surface area (Å²) in [7, 11) is 1.67. The highest BCUT2D eigenvalue weighted by Gasteiger charge is 2.02. The third kappa shape index (κ3) is 3.25. The van der Waals surface area contributed by atoms with E-state index in [1.807, 2.05) is 25.1 Å². The van der Waals surface area contributed by atoms with Crippen molar-refractivity contribution in [2.24, 2.45) is 5.73 Å². The van der Waals surface area contributed by atoms with E-state index in [2.05, 4.69) is 30.3 Å². The Labute approximate surface area is 114 Å². The van der Waals surface area contributed by atoms with Gasteiger partial charge < -0.3 is 10.5 Å². The van der Waals surface area contributed by atoms with E-state index >= 15 is 0 Å². The van der Waals surface area contributed by atoms with Crippen molar-refractivity contribution in [1.29, 1.82) is 0 Å². The Bertz CT molecular complexity index is 494. The lowest BCUT2D eigenvalue weighted by Crippen LogP contribution is -2.04. The van der Waals surface area contributed by atoms with Crippen molar-refractivity contribution in [1.82, 2.24) is 0 Å². The molecule has 0 bridgehead atoms. The number of methoxy groups -OCH3 is 1. The van der Waals surface area contributed by atoms with Crippen molar-refractivity contribution in [3.05, 3.63) is 54.1 Å². The monoisotopic (exact) mass is 263 g/mol. The van der Waals surface area contributed by atoms with Gasteiger partial charge in [-0.2, -0.15) is 0 Å². The van der Waals surface area contributed by atoms with Crippen LogP contribution in [0.3, 0.4) is 0 Å². The van der Waals surface area contributed by atoms with Gasteiger partial charge in [0.1, 0.15) is 5.75 Å². The molecule has 0 spiro atoms.